The van der Waals surface area contributed by atoms with Gasteiger partial charge in [-0.25, -0.2) is 0 Å². The van der Waals surface area contributed by atoms with Crippen LogP contribution in [0.4, 0.5) is 0 Å². The average Bonchev–Trinajstić information content (AvgIpc) is 1.86. The summed E-state index contributed by atoms with van der Waals surface area (Å²) in [6.07, 6.45) is -0.908. The highest BCUT2D eigenvalue weighted by Crippen LogP contribution is 1.98. The molecular formula is C6H10O4. The quantitative estimate of drug-likeness (QED) is 0.602. The van der Waals surface area contributed by atoms with Crippen molar-refractivity contribution in [2.75, 3.05) is 0 Å². The molecule has 0 bridgehead atoms. The number of hydrogen-bond acceptors (Lipinski definition) is 2. The Bertz CT molecular complexity index is 157. The molecule has 0 aromatic heterocycles. The first-order valence-corrected chi connectivity index (χ1v) is 2.91. The minimum atomic E-state index is -1.20. The van der Waals surface area contributed by atoms with Crippen LogP contribution in [0.1, 0.15) is 27.0 Å². The van der Waals surface area contributed by atoms with Crippen molar-refractivity contribution in [2.45, 2.75) is 25.7 Å². The van der Waals surface area contributed by atoms with E-state index in [0.717, 1.165) is 0 Å². The highest BCUT2D eigenvalue weighted by Gasteiger charge is 1.99. The zero-order valence-electron chi connectivity index (χ0n) is 6.41. The van der Waals surface area contributed by atoms with Gasteiger partial charge in [-0.05, 0) is 12.8 Å². The van der Waals surface area contributed by atoms with Crippen LogP contribution in [-0.2, 0) is 9.59 Å². The fourth-order valence-corrected chi connectivity index (χ4v) is 0.479. The molecule has 1 atom stereocenters. The summed E-state index contributed by atoms with van der Waals surface area (Å²) in [5, 5.41) is 16.4. The lowest BCUT2D eigenvalue weighted by Crippen LogP contribution is -1.97. The van der Waals surface area contributed by atoms with Crippen molar-refractivity contribution in [3.05, 3.63) is 0 Å². The van der Waals surface area contributed by atoms with E-state index < -0.39 is 18.3 Å². The number of aliphatic carboxylic acids is 2. The van der Waals surface area contributed by atoms with Crippen LogP contribution in [0.15, 0.2) is 0 Å². The Hall–Kier alpha value is -1.06. The fourth-order valence-electron chi connectivity index (χ4n) is 0.479. The van der Waals surface area contributed by atoms with Gasteiger partial charge in [-0.3, -0.25) is 9.59 Å². The van der Waals surface area contributed by atoms with Gasteiger partial charge in [0.05, 0.1) is 0 Å². The molecule has 0 amide bonds. The third-order valence-electron chi connectivity index (χ3n) is 0.914. The molecule has 0 spiro atoms. The molecule has 10 heavy (non-hydrogen) atoms. The topological polar surface area (TPSA) is 74.6 Å². The van der Waals surface area contributed by atoms with Crippen LogP contribution in [-0.4, -0.2) is 22.2 Å². The second-order valence-corrected chi connectivity index (χ2v) is 1.83. The van der Waals surface area contributed by atoms with E-state index in [1.165, 1.54) is 0 Å². The van der Waals surface area contributed by atoms with E-state index in [0.29, 0.717) is 0 Å². The van der Waals surface area contributed by atoms with E-state index in [4.69, 9.17) is 11.6 Å². The molecule has 4 nitrogen and oxygen atoms in total. The summed E-state index contributed by atoms with van der Waals surface area (Å²) in [4.78, 5) is 20.0. The van der Waals surface area contributed by atoms with Gasteiger partial charge in [-0.15, -0.1) is 0 Å². The smallest absolute Gasteiger partial charge is 0.303 e. The summed E-state index contributed by atoms with van der Waals surface area (Å²) >= 11 is 0. The van der Waals surface area contributed by atoms with Crippen molar-refractivity contribution in [1.29, 1.82) is 0 Å². The van der Waals surface area contributed by atoms with Crippen molar-refractivity contribution < 1.29 is 21.2 Å². The highest BCUT2D eigenvalue weighted by atomic mass is 16.4. The molecular weight excluding hydrogens is 136 g/mol. The van der Waals surface area contributed by atoms with Crippen molar-refractivity contribution in [3.8, 4) is 0 Å². The molecule has 0 rings (SSSR count). The van der Waals surface area contributed by atoms with Gasteiger partial charge in [0.25, 0.3) is 0 Å². The van der Waals surface area contributed by atoms with Gasteiger partial charge in [-0.1, -0.05) is 0 Å². The fraction of sp³-hybridized carbons (Fsp3) is 0.667. The summed E-state index contributed by atoms with van der Waals surface area (Å²) in [7, 11) is 0. The molecule has 0 aliphatic rings. The highest BCUT2D eigenvalue weighted by molar-refractivity contribution is 5.67. The number of carboxylic acid groups (broad SMARTS) is 2. The second-order valence-electron chi connectivity index (χ2n) is 1.83. The first kappa shape index (κ1) is 7.05. The van der Waals surface area contributed by atoms with E-state index in [9.17, 15) is 9.59 Å². The summed E-state index contributed by atoms with van der Waals surface area (Å²) in [5.41, 5.74) is 0. The minimum absolute atomic E-state index is 0.0668. The van der Waals surface area contributed by atoms with Gasteiger partial charge in [0.2, 0.25) is 0 Å². The summed E-state index contributed by atoms with van der Waals surface area (Å²) in [6.45, 7) is 0. The average molecular weight is 148 g/mol. The SMILES string of the molecule is [3H]C(CCCC(=O)O)C(=O)O. The van der Waals surface area contributed by atoms with Gasteiger partial charge in [0.15, 0.2) is 0 Å². The largest absolute Gasteiger partial charge is 0.481 e. The Labute approximate surface area is 59.9 Å². The Morgan fingerprint density at radius 3 is 2.20 bits per heavy atom. The third-order valence-corrected chi connectivity index (χ3v) is 0.914. The van der Waals surface area contributed by atoms with Crippen LogP contribution >= 0.6 is 0 Å². The standard InChI is InChI=1S/C6H10O4/c7-5(8)3-1-2-4-6(9)10/h1-4H2,(H,7,8)(H,9,10)/i3T. The van der Waals surface area contributed by atoms with Gasteiger partial charge in [0, 0.05) is 14.2 Å². The molecule has 4 heteroatoms. The molecule has 0 heterocycles. The molecule has 2 N–H and O–H groups in total. The zero-order chi connectivity index (χ0) is 8.85. The molecule has 58 valence electrons. The predicted octanol–water partition coefficient (Wildman–Crippen LogP) is 0.716. The molecule has 0 saturated heterocycles. The molecule has 0 aliphatic carbocycles. The van der Waals surface area contributed by atoms with E-state index >= 15 is 0 Å². The van der Waals surface area contributed by atoms with Crippen LogP contribution in [0.2, 0.25) is 0 Å². The second kappa shape index (κ2) is 4.78. The van der Waals surface area contributed by atoms with Crippen molar-refractivity contribution in [1.82, 2.24) is 0 Å². The Morgan fingerprint density at radius 2 is 1.80 bits per heavy atom. The molecule has 0 aromatic rings. The maximum atomic E-state index is 10.0. The molecule has 1 unspecified atom stereocenters. The molecule has 0 radical (unpaired) electrons. The lowest BCUT2D eigenvalue weighted by Gasteiger charge is -1.92. The lowest BCUT2D eigenvalue weighted by molar-refractivity contribution is -0.139. The Balaban J connectivity index is 3.39. The monoisotopic (exact) mass is 148 g/mol. The van der Waals surface area contributed by atoms with Gasteiger partial charge >= 0.3 is 11.9 Å². The van der Waals surface area contributed by atoms with E-state index in [1.54, 1.807) is 0 Å². The van der Waals surface area contributed by atoms with Crippen LogP contribution < -0.4 is 0 Å². The Morgan fingerprint density at radius 1 is 1.20 bits per heavy atom. The summed E-state index contributed by atoms with van der Waals surface area (Å²) in [6, 6.07) is 0. The normalized spacial score (nSPS) is 13.8. The number of hydrogen-bond donors (Lipinski definition) is 2. The van der Waals surface area contributed by atoms with Gasteiger partial charge in [-0.2, -0.15) is 0 Å². The molecule has 0 saturated carbocycles. The van der Waals surface area contributed by atoms with Gasteiger partial charge in [0.1, 0.15) is 0 Å². The molecule has 0 aliphatic heterocycles. The first-order valence-electron chi connectivity index (χ1n) is 3.48. The number of carbonyl (C=O) groups is 2. The predicted molar refractivity (Wildman–Crippen MR) is 33.7 cm³/mol. The molecule has 0 aromatic carbocycles. The van der Waals surface area contributed by atoms with Crippen LogP contribution in [0, 0.1) is 0 Å². The number of rotatable bonds is 5. The Kier molecular flexibility index (Phi) is 3.37. The first-order chi connectivity index (χ1) is 5.04. The zero-order valence-corrected chi connectivity index (χ0v) is 5.41. The molecule has 0 fully saturated rings. The van der Waals surface area contributed by atoms with Crippen LogP contribution in [0.25, 0.3) is 0 Å². The summed E-state index contributed by atoms with van der Waals surface area (Å²) in [5.74, 6) is -2.15. The maximum Gasteiger partial charge on any atom is 0.303 e. The van der Waals surface area contributed by atoms with Crippen molar-refractivity contribution >= 4 is 11.9 Å². The third kappa shape index (κ3) is 6.94. The van der Waals surface area contributed by atoms with Crippen LogP contribution in [0.3, 0.4) is 0 Å². The van der Waals surface area contributed by atoms with E-state index in [1.807, 2.05) is 0 Å². The minimum Gasteiger partial charge on any atom is -0.481 e. The van der Waals surface area contributed by atoms with Gasteiger partial charge < -0.3 is 10.2 Å². The summed E-state index contributed by atoms with van der Waals surface area (Å²) < 4.78 is 6.88. The maximum absolute atomic E-state index is 10.0. The van der Waals surface area contributed by atoms with E-state index in [-0.39, 0.29) is 19.3 Å². The van der Waals surface area contributed by atoms with Crippen molar-refractivity contribution in [2.24, 2.45) is 0 Å². The number of carboxylic acids is 2. The lowest BCUT2D eigenvalue weighted by atomic mass is 10.2. The van der Waals surface area contributed by atoms with Crippen molar-refractivity contribution in [3.63, 3.8) is 0 Å². The van der Waals surface area contributed by atoms with E-state index in [2.05, 4.69) is 0 Å². The van der Waals surface area contributed by atoms with Crippen LogP contribution in [0.5, 0.6) is 0 Å².